The highest BCUT2D eigenvalue weighted by atomic mass is 19.4. The number of anilines is 1. The molecule has 0 bridgehead atoms. The number of alkyl halides is 4. The van der Waals surface area contributed by atoms with Gasteiger partial charge >= 0.3 is 18.3 Å². The zero-order valence-electron chi connectivity index (χ0n) is 23.2. The van der Waals surface area contributed by atoms with Crippen molar-refractivity contribution in [2.75, 3.05) is 25.6 Å². The van der Waals surface area contributed by atoms with E-state index in [1.54, 1.807) is 20.8 Å². The molecule has 1 saturated heterocycles. The smallest absolute Gasteiger partial charge is 0.410 e. The summed E-state index contributed by atoms with van der Waals surface area (Å²) in [7, 11) is 1.35. The van der Waals surface area contributed by atoms with Crippen LogP contribution in [-0.4, -0.2) is 77.7 Å². The van der Waals surface area contributed by atoms with Gasteiger partial charge in [-0.25, -0.2) is 19.0 Å². The molecule has 1 aliphatic heterocycles. The highest BCUT2D eigenvalue weighted by Crippen LogP contribution is 2.37. The van der Waals surface area contributed by atoms with Crippen LogP contribution in [0.3, 0.4) is 0 Å². The van der Waals surface area contributed by atoms with Gasteiger partial charge in [0.2, 0.25) is 5.91 Å². The van der Waals surface area contributed by atoms with Gasteiger partial charge in [0.1, 0.15) is 29.2 Å². The van der Waals surface area contributed by atoms with E-state index in [9.17, 15) is 31.9 Å². The number of methoxy groups -OCH3 is 1. The quantitative estimate of drug-likeness (QED) is 0.393. The Morgan fingerprint density at radius 1 is 1.25 bits per heavy atom. The number of halogens is 4. The average molecular weight is 576 g/mol. The summed E-state index contributed by atoms with van der Waals surface area (Å²) in [5.74, 6) is -0.923. The summed E-state index contributed by atoms with van der Waals surface area (Å²) in [6, 6.07) is -1.94. The van der Waals surface area contributed by atoms with Gasteiger partial charge in [-0.05, 0) is 77.0 Å². The third-order valence-corrected chi connectivity index (χ3v) is 6.95. The fourth-order valence-corrected chi connectivity index (χ4v) is 4.87. The number of rotatable bonds is 8. The van der Waals surface area contributed by atoms with Gasteiger partial charge in [0.25, 0.3) is 0 Å². The molecule has 3 atom stereocenters. The number of aromatic nitrogens is 1. The van der Waals surface area contributed by atoms with Crippen molar-refractivity contribution in [1.82, 2.24) is 20.5 Å². The lowest BCUT2D eigenvalue weighted by Gasteiger charge is -2.35. The average Bonchev–Trinajstić information content (AvgIpc) is 3.22. The van der Waals surface area contributed by atoms with Gasteiger partial charge in [-0.2, -0.15) is 13.2 Å². The molecule has 1 aromatic rings. The molecule has 2 aliphatic rings. The van der Waals surface area contributed by atoms with E-state index in [0.29, 0.717) is 18.4 Å². The van der Waals surface area contributed by atoms with Crippen molar-refractivity contribution in [1.29, 1.82) is 0 Å². The number of alkyl carbamates (subject to hydrolysis) is 1. The second-order valence-electron chi connectivity index (χ2n) is 11.5. The summed E-state index contributed by atoms with van der Waals surface area (Å²) < 4.78 is 64.6. The van der Waals surface area contributed by atoms with Crippen LogP contribution in [0.4, 0.5) is 33.0 Å². The van der Waals surface area contributed by atoms with Crippen molar-refractivity contribution in [3.05, 3.63) is 23.9 Å². The third kappa shape index (κ3) is 8.42. The second-order valence-corrected chi connectivity index (χ2v) is 11.5. The number of ether oxygens (including phenoxy) is 2. The van der Waals surface area contributed by atoms with Crippen LogP contribution in [0, 0.1) is 5.92 Å². The van der Waals surface area contributed by atoms with Crippen LogP contribution in [0.25, 0.3) is 0 Å². The van der Waals surface area contributed by atoms with Gasteiger partial charge < -0.3 is 30.3 Å². The number of carbonyl (C=O) groups excluding carboxylic acids is 3. The number of hydrogen-bond donors (Lipinski definition) is 3. The molecule has 14 heteroatoms. The van der Waals surface area contributed by atoms with E-state index >= 15 is 0 Å². The molecule has 0 spiro atoms. The first-order valence-corrected chi connectivity index (χ1v) is 13.1. The van der Waals surface area contributed by atoms with Crippen molar-refractivity contribution in [3.63, 3.8) is 0 Å². The first-order chi connectivity index (χ1) is 18.5. The summed E-state index contributed by atoms with van der Waals surface area (Å²) in [6.07, 6.45) is -2.92. The summed E-state index contributed by atoms with van der Waals surface area (Å²) in [6.45, 7) is 5.82. The maximum absolute atomic E-state index is 14.4. The summed E-state index contributed by atoms with van der Waals surface area (Å²) in [5.41, 5.74) is -1.79. The number of nitrogens with zero attached hydrogens (tertiary/aromatic N) is 2. The first kappa shape index (κ1) is 31.4. The van der Waals surface area contributed by atoms with Crippen LogP contribution in [0.5, 0.6) is 0 Å². The van der Waals surface area contributed by atoms with Gasteiger partial charge in [-0.1, -0.05) is 0 Å². The molecule has 40 heavy (non-hydrogen) atoms. The Labute approximate surface area is 230 Å². The number of nitrogens with one attached hydrogen (secondary N) is 3. The van der Waals surface area contributed by atoms with Gasteiger partial charge in [-0.3, -0.25) is 4.79 Å². The Balaban J connectivity index is 1.80. The Bertz CT molecular complexity index is 1070. The standard InChI is InChI=1S/C26H37F4N5O5/c1-24(2,3)40-23(38)34-20(15-6-9-25(4,27)10-7-15)21(36)33-19-12-16(8-11-31-19)17(14-39-5)35-13-18(26(28,29)30)32-22(35)37/h8,11-12,15,17-18,20H,6-7,9-10,13-14H2,1-5H3,(H,32,37)(H,34,38)(H,31,33,36)/t15?,17-,18+,20?,25?/m1/s1. The molecule has 3 rings (SSSR count). The van der Waals surface area contributed by atoms with Crippen LogP contribution in [0.1, 0.15) is 65.0 Å². The number of carbonyl (C=O) groups is 3. The fourth-order valence-electron chi connectivity index (χ4n) is 4.87. The summed E-state index contributed by atoms with van der Waals surface area (Å²) in [4.78, 5) is 43.5. The zero-order chi connectivity index (χ0) is 29.9. The van der Waals surface area contributed by atoms with E-state index in [4.69, 9.17) is 9.47 Å². The lowest BCUT2D eigenvalue weighted by Crippen LogP contribution is -2.51. The predicted octanol–water partition coefficient (Wildman–Crippen LogP) is 4.48. The molecule has 4 amide bonds. The lowest BCUT2D eigenvalue weighted by atomic mass is 9.77. The molecule has 2 heterocycles. The Morgan fingerprint density at radius 2 is 1.90 bits per heavy atom. The topological polar surface area (TPSA) is 122 Å². The van der Waals surface area contributed by atoms with E-state index in [2.05, 4.69) is 15.6 Å². The molecule has 10 nitrogen and oxygen atoms in total. The highest BCUT2D eigenvalue weighted by Gasteiger charge is 2.48. The number of amides is 4. The van der Waals surface area contributed by atoms with Crippen LogP contribution in [-0.2, 0) is 14.3 Å². The van der Waals surface area contributed by atoms with Crippen LogP contribution in [0.2, 0.25) is 0 Å². The van der Waals surface area contributed by atoms with Gasteiger partial charge in [-0.15, -0.1) is 0 Å². The van der Waals surface area contributed by atoms with Crippen molar-refractivity contribution >= 4 is 23.8 Å². The van der Waals surface area contributed by atoms with Gasteiger partial charge in [0.05, 0.1) is 19.2 Å². The molecule has 224 valence electrons. The molecule has 2 fully saturated rings. The van der Waals surface area contributed by atoms with Gasteiger partial charge in [0, 0.05) is 13.3 Å². The second kappa shape index (κ2) is 12.1. The van der Waals surface area contributed by atoms with Crippen molar-refractivity contribution < 1.29 is 41.4 Å². The molecule has 1 saturated carbocycles. The van der Waals surface area contributed by atoms with E-state index in [1.807, 2.05) is 5.32 Å². The monoisotopic (exact) mass is 575 g/mol. The molecule has 1 unspecified atom stereocenters. The van der Waals surface area contributed by atoms with Crippen molar-refractivity contribution in [2.24, 2.45) is 5.92 Å². The number of urea groups is 1. The Kier molecular flexibility index (Phi) is 9.53. The minimum absolute atomic E-state index is 0.0534. The molecule has 1 aliphatic carbocycles. The normalized spacial score (nSPS) is 25.1. The molecular formula is C26H37F4N5O5. The lowest BCUT2D eigenvalue weighted by molar-refractivity contribution is -0.150. The van der Waals surface area contributed by atoms with Gasteiger partial charge in [0.15, 0.2) is 0 Å². The molecule has 0 aromatic carbocycles. The first-order valence-electron chi connectivity index (χ1n) is 13.1. The van der Waals surface area contributed by atoms with E-state index in [0.717, 1.165) is 4.90 Å². The minimum atomic E-state index is -4.62. The SMILES string of the molecule is COC[C@H](c1ccnc(NC(=O)C(NC(=O)OC(C)(C)C)C2CCC(C)(F)CC2)c1)N1C[C@@H](C(F)(F)F)NC1=O. The molecule has 3 N–H and O–H groups in total. The van der Waals surface area contributed by atoms with Crippen molar-refractivity contribution in [3.8, 4) is 0 Å². The van der Waals surface area contributed by atoms with E-state index in [1.165, 1.54) is 32.4 Å². The predicted molar refractivity (Wildman–Crippen MR) is 137 cm³/mol. The highest BCUT2D eigenvalue weighted by molar-refractivity contribution is 5.96. The zero-order valence-corrected chi connectivity index (χ0v) is 23.2. The maximum atomic E-state index is 14.4. The van der Waals surface area contributed by atoms with Crippen LogP contribution in [0.15, 0.2) is 18.3 Å². The summed E-state index contributed by atoms with van der Waals surface area (Å²) >= 11 is 0. The third-order valence-electron chi connectivity index (χ3n) is 6.95. The van der Waals surface area contributed by atoms with E-state index < -0.39 is 60.1 Å². The number of pyridine rings is 1. The van der Waals surface area contributed by atoms with E-state index in [-0.39, 0.29) is 31.2 Å². The van der Waals surface area contributed by atoms with Crippen molar-refractivity contribution in [2.45, 2.75) is 88.9 Å². The maximum Gasteiger partial charge on any atom is 0.410 e. The molecular weight excluding hydrogens is 538 g/mol. The Hall–Kier alpha value is -3.16. The molecule has 0 radical (unpaired) electrons. The summed E-state index contributed by atoms with van der Waals surface area (Å²) in [5, 5.41) is 7.19. The minimum Gasteiger partial charge on any atom is -0.444 e. The van der Waals surface area contributed by atoms with Crippen LogP contribution < -0.4 is 16.0 Å². The number of hydrogen-bond acceptors (Lipinski definition) is 6. The fraction of sp³-hybridized carbons (Fsp3) is 0.692. The molecule has 1 aromatic heterocycles. The van der Waals surface area contributed by atoms with Crippen LogP contribution >= 0.6 is 0 Å². The Morgan fingerprint density at radius 3 is 2.45 bits per heavy atom. The largest absolute Gasteiger partial charge is 0.444 e.